The fourth-order valence-corrected chi connectivity index (χ4v) is 4.93. The molecule has 0 aromatic carbocycles. The lowest BCUT2D eigenvalue weighted by Crippen LogP contribution is -2.57. The maximum absolute atomic E-state index is 11.4. The lowest BCUT2D eigenvalue weighted by molar-refractivity contribution is 0.0252. The van der Waals surface area contributed by atoms with Gasteiger partial charge in [-0.2, -0.15) is 0 Å². The Balaban J connectivity index is 1.56. The lowest BCUT2D eigenvalue weighted by atomic mass is 9.97. The van der Waals surface area contributed by atoms with Gasteiger partial charge in [0.15, 0.2) is 0 Å². The van der Waals surface area contributed by atoms with Gasteiger partial charge >= 0.3 is 0 Å². The molecular weight excluding hydrogens is 232 g/mol. The fraction of sp³-hybridized carbons (Fsp3) is 1.00. The van der Waals surface area contributed by atoms with Crippen molar-refractivity contribution in [3.05, 3.63) is 0 Å². The zero-order valence-corrected chi connectivity index (χ0v) is 11.5. The van der Waals surface area contributed by atoms with E-state index in [0.717, 1.165) is 23.6 Å². The Morgan fingerprint density at radius 1 is 0.824 bits per heavy atom. The summed E-state index contributed by atoms with van der Waals surface area (Å²) in [4.78, 5) is 5.39. The number of rotatable bonds is 1. The summed E-state index contributed by atoms with van der Waals surface area (Å²) < 4.78 is 11.4. The minimum atomic E-state index is -0.510. The zero-order chi connectivity index (χ0) is 11.7. The minimum absolute atomic E-state index is 0.510. The summed E-state index contributed by atoms with van der Waals surface area (Å²) in [6.45, 7) is 5.11. The molecule has 17 heavy (non-hydrogen) atoms. The standard InChI is InChI=1S/C13H24N2OS/c16-17-9-4-12(5-10-17)15-8-7-14-6-2-1-3-13(14)11-15/h12-13H,1-11H2. The van der Waals surface area contributed by atoms with Crippen LogP contribution in [0.4, 0.5) is 0 Å². The van der Waals surface area contributed by atoms with E-state index < -0.39 is 10.8 Å². The van der Waals surface area contributed by atoms with E-state index in [1.807, 2.05) is 0 Å². The number of piperazine rings is 1. The Hall–Kier alpha value is 0.0700. The molecule has 1 atom stereocenters. The first-order valence-electron chi connectivity index (χ1n) is 7.16. The first kappa shape index (κ1) is 12.1. The van der Waals surface area contributed by atoms with E-state index in [4.69, 9.17) is 0 Å². The molecule has 0 aromatic rings. The normalized spacial score (nSPS) is 41.1. The van der Waals surface area contributed by atoms with Crippen LogP contribution in [0.3, 0.4) is 0 Å². The van der Waals surface area contributed by atoms with Gasteiger partial charge in [-0.05, 0) is 32.2 Å². The van der Waals surface area contributed by atoms with Gasteiger partial charge in [0.1, 0.15) is 0 Å². The molecule has 3 aliphatic heterocycles. The summed E-state index contributed by atoms with van der Waals surface area (Å²) >= 11 is 0. The summed E-state index contributed by atoms with van der Waals surface area (Å²) in [5, 5.41) is 0. The van der Waals surface area contributed by atoms with Crippen molar-refractivity contribution < 1.29 is 4.21 Å². The van der Waals surface area contributed by atoms with Crippen molar-refractivity contribution in [2.24, 2.45) is 0 Å². The van der Waals surface area contributed by atoms with Crippen LogP contribution in [0, 0.1) is 0 Å². The molecule has 0 aliphatic carbocycles. The topological polar surface area (TPSA) is 23.6 Å². The SMILES string of the molecule is O=S1CCC(N2CCN3CCCCC3C2)CC1. The third-order valence-electron chi connectivity index (χ3n) is 4.74. The fourth-order valence-electron chi connectivity index (χ4n) is 3.66. The molecule has 3 nitrogen and oxygen atoms in total. The second-order valence-electron chi connectivity index (χ2n) is 5.76. The molecule has 0 bridgehead atoms. The molecule has 0 amide bonds. The van der Waals surface area contributed by atoms with Crippen LogP contribution in [0.15, 0.2) is 0 Å². The van der Waals surface area contributed by atoms with E-state index in [-0.39, 0.29) is 0 Å². The zero-order valence-electron chi connectivity index (χ0n) is 10.6. The monoisotopic (exact) mass is 256 g/mol. The van der Waals surface area contributed by atoms with Gasteiger partial charge in [-0.1, -0.05) is 6.42 Å². The molecule has 3 heterocycles. The van der Waals surface area contributed by atoms with Crippen molar-refractivity contribution in [1.82, 2.24) is 9.80 Å². The molecule has 98 valence electrons. The van der Waals surface area contributed by atoms with Crippen molar-refractivity contribution in [1.29, 1.82) is 0 Å². The molecule has 3 aliphatic rings. The van der Waals surface area contributed by atoms with E-state index in [9.17, 15) is 4.21 Å². The number of nitrogens with zero attached hydrogens (tertiary/aromatic N) is 2. The lowest BCUT2D eigenvalue weighted by Gasteiger charge is -2.47. The number of hydrogen-bond acceptors (Lipinski definition) is 3. The average molecular weight is 256 g/mol. The van der Waals surface area contributed by atoms with Crippen LogP contribution in [-0.4, -0.2) is 63.8 Å². The van der Waals surface area contributed by atoms with Gasteiger partial charge in [0, 0.05) is 54.0 Å². The quantitative estimate of drug-likeness (QED) is 0.701. The molecule has 4 heteroatoms. The van der Waals surface area contributed by atoms with E-state index in [1.165, 1.54) is 58.3 Å². The third-order valence-corrected chi connectivity index (χ3v) is 6.12. The van der Waals surface area contributed by atoms with Crippen molar-refractivity contribution in [3.8, 4) is 0 Å². The van der Waals surface area contributed by atoms with E-state index in [2.05, 4.69) is 9.80 Å². The van der Waals surface area contributed by atoms with Gasteiger partial charge in [-0.3, -0.25) is 14.0 Å². The summed E-state index contributed by atoms with van der Waals surface area (Å²) in [6, 6.07) is 1.56. The second kappa shape index (κ2) is 5.37. The summed E-state index contributed by atoms with van der Waals surface area (Å²) in [5.41, 5.74) is 0. The maximum Gasteiger partial charge on any atom is 0.0249 e. The molecule has 0 aromatic heterocycles. The molecule has 0 saturated carbocycles. The molecule has 0 N–H and O–H groups in total. The second-order valence-corrected chi connectivity index (χ2v) is 7.46. The van der Waals surface area contributed by atoms with Crippen LogP contribution >= 0.6 is 0 Å². The van der Waals surface area contributed by atoms with Crippen molar-refractivity contribution >= 4 is 10.8 Å². The molecule has 1 unspecified atom stereocenters. The van der Waals surface area contributed by atoms with Crippen LogP contribution in [0.1, 0.15) is 32.1 Å². The van der Waals surface area contributed by atoms with Crippen molar-refractivity contribution in [2.45, 2.75) is 44.2 Å². The third kappa shape index (κ3) is 2.74. The molecular formula is C13H24N2OS. The largest absolute Gasteiger partial charge is 0.298 e. The number of hydrogen-bond donors (Lipinski definition) is 0. The molecule has 3 rings (SSSR count). The Morgan fingerprint density at radius 3 is 2.41 bits per heavy atom. The number of piperidine rings is 1. The maximum atomic E-state index is 11.4. The summed E-state index contributed by atoms with van der Waals surface area (Å²) in [7, 11) is -0.510. The Kier molecular flexibility index (Phi) is 3.83. The Labute approximate surface area is 107 Å². The van der Waals surface area contributed by atoms with Gasteiger partial charge < -0.3 is 0 Å². The highest BCUT2D eigenvalue weighted by Gasteiger charge is 2.33. The molecule has 0 radical (unpaired) electrons. The first-order valence-corrected chi connectivity index (χ1v) is 8.65. The van der Waals surface area contributed by atoms with Crippen molar-refractivity contribution in [2.75, 3.05) is 37.7 Å². The highest BCUT2D eigenvalue weighted by molar-refractivity contribution is 7.85. The van der Waals surface area contributed by atoms with Gasteiger partial charge in [0.05, 0.1) is 0 Å². The predicted octanol–water partition coefficient (Wildman–Crippen LogP) is 1.07. The summed E-state index contributed by atoms with van der Waals surface area (Å²) in [5.74, 6) is 1.88. The van der Waals surface area contributed by atoms with Crippen molar-refractivity contribution in [3.63, 3.8) is 0 Å². The minimum Gasteiger partial charge on any atom is -0.298 e. The van der Waals surface area contributed by atoms with E-state index >= 15 is 0 Å². The van der Waals surface area contributed by atoms with Crippen LogP contribution in [0.5, 0.6) is 0 Å². The van der Waals surface area contributed by atoms with Crippen LogP contribution < -0.4 is 0 Å². The Bertz CT molecular complexity index is 287. The average Bonchev–Trinajstić information content (AvgIpc) is 2.39. The highest BCUT2D eigenvalue weighted by Crippen LogP contribution is 2.25. The first-order chi connectivity index (χ1) is 8.33. The molecule has 0 spiro atoms. The van der Waals surface area contributed by atoms with E-state index in [0.29, 0.717) is 0 Å². The molecule has 3 saturated heterocycles. The van der Waals surface area contributed by atoms with Gasteiger partial charge in [-0.15, -0.1) is 0 Å². The summed E-state index contributed by atoms with van der Waals surface area (Å²) in [6.07, 6.45) is 6.55. The Morgan fingerprint density at radius 2 is 1.59 bits per heavy atom. The van der Waals surface area contributed by atoms with Gasteiger partial charge in [0.25, 0.3) is 0 Å². The molecule has 3 fully saturated rings. The van der Waals surface area contributed by atoms with Gasteiger partial charge in [-0.25, -0.2) is 0 Å². The van der Waals surface area contributed by atoms with Gasteiger partial charge in [0.2, 0.25) is 0 Å². The predicted molar refractivity (Wildman–Crippen MR) is 71.7 cm³/mol. The number of fused-ring (bicyclic) bond motifs is 1. The van der Waals surface area contributed by atoms with E-state index in [1.54, 1.807) is 0 Å². The van der Waals surface area contributed by atoms with Crippen LogP contribution in [0.25, 0.3) is 0 Å². The van der Waals surface area contributed by atoms with Crippen LogP contribution in [0.2, 0.25) is 0 Å². The smallest absolute Gasteiger partial charge is 0.0249 e. The highest BCUT2D eigenvalue weighted by atomic mass is 32.2. The van der Waals surface area contributed by atoms with Crippen LogP contribution in [-0.2, 0) is 10.8 Å².